The van der Waals surface area contributed by atoms with Crippen LogP contribution in [-0.2, 0) is 11.3 Å². The molecule has 0 radical (unpaired) electrons. The van der Waals surface area contributed by atoms with Crippen molar-refractivity contribution in [2.75, 3.05) is 26.0 Å². The van der Waals surface area contributed by atoms with Crippen LogP contribution in [0.5, 0.6) is 5.75 Å². The molecule has 7 nitrogen and oxygen atoms in total. The van der Waals surface area contributed by atoms with Crippen molar-refractivity contribution in [1.82, 2.24) is 15.6 Å². The monoisotopic (exact) mass is 483 g/mol. The molecule has 0 spiro atoms. The van der Waals surface area contributed by atoms with E-state index in [4.69, 9.17) is 4.74 Å². The van der Waals surface area contributed by atoms with E-state index in [0.717, 1.165) is 17.0 Å². The Morgan fingerprint density at radius 3 is 2.52 bits per heavy atom. The van der Waals surface area contributed by atoms with Crippen molar-refractivity contribution < 1.29 is 9.53 Å². The van der Waals surface area contributed by atoms with Crippen molar-refractivity contribution in [3.8, 4) is 5.75 Å². The van der Waals surface area contributed by atoms with E-state index in [1.165, 1.54) is 0 Å². The van der Waals surface area contributed by atoms with Crippen LogP contribution in [0.25, 0.3) is 0 Å². The summed E-state index contributed by atoms with van der Waals surface area (Å²) >= 11 is 0. The van der Waals surface area contributed by atoms with Crippen LogP contribution in [-0.4, -0.2) is 37.6 Å². The van der Waals surface area contributed by atoms with Crippen molar-refractivity contribution in [2.24, 2.45) is 4.99 Å². The van der Waals surface area contributed by atoms with Crippen LogP contribution >= 0.6 is 24.0 Å². The number of halogens is 1. The third-order valence-electron chi connectivity index (χ3n) is 3.64. The smallest absolute Gasteiger partial charge is 0.227 e. The SMILES string of the molecule is CN=C(NCCC(=O)Nc1cccc(C)n1)NCc1ccc(OC)cc1.I. The van der Waals surface area contributed by atoms with Crippen LogP contribution in [0, 0.1) is 6.92 Å². The van der Waals surface area contributed by atoms with Gasteiger partial charge in [-0.25, -0.2) is 4.98 Å². The number of aryl methyl sites for hydroxylation is 1. The normalized spacial score (nSPS) is 10.6. The van der Waals surface area contributed by atoms with E-state index in [9.17, 15) is 4.79 Å². The molecule has 0 aliphatic carbocycles. The molecule has 1 aromatic heterocycles. The minimum Gasteiger partial charge on any atom is -0.497 e. The van der Waals surface area contributed by atoms with Gasteiger partial charge >= 0.3 is 0 Å². The Balaban J connectivity index is 0.00000364. The summed E-state index contributed by atoms with van der Waals surface area (Å²) in [4.78, 5) is 20.4. The van der Waals surface area contributed by atoms with E-state index in [1.54, 1.807) is 20.2 Å². The summed E-state index contributed by atoms with van der Waals surface area (Å²) in [6.07, 6.45) is 0.318. The summed E-state index contributed by atoms with van der Waals surface area (Å²) < 4.78 is 5.14. The summed E-state index contributed by atoms with van der Waals surface area (Å²) in [6, 6.07) is 13.3. The maximum atomic E-state index is 12.0. The number of benzene rings is 1. The van der Waals surface area contributed by atoms with Crippen LogP contribution < -0.4 is 20.7 Å². The number of pyridine rings is 1. The maximum Gasteiger partial charge on any atom is 0.227 e. The van der Waals surface area contributed by atoms with E-state index in [0.29, 0.717) is 31.3 Å². The first-order chi connectivity index (χ1) is 12.6. The van der Waals surface area contributed by atoms with Crippen molar-refractivity contribution >= 4 is 41.7 Å². The first-order valence-electron chi connectivity index (χ1n) is 8.41. The van der Waals surface area contributed by atoms with Crippen LogP contribution in [0.2, 0.25) is 0 Å². The minimum absolute atomic E-state index is 0. The van der Waals surface area contributed by atoms with Gasteiger partial charge in [-0.2, -0.15) is 0 Å². The molecule has 0 unspecified atom stereocenters. The predicted molar refractivity (Wildman–Crippen MR) is 119 cm³/mol. The first-order valence-corrected chi connectivity index (χ1v) is 8.41. The second-order valence-electron chi connectivity index (χ2n) is 5.66. The van der Waals surface area contributed by atoms with Crippen LogP contribution in [0.3, 0.4) is 0 Å². The van der Waals surface area contributed by atoms with E-state index < -0.39 is 0 Å². The number of ether oxygens (including phenoxy) is 1. The van der Waals surface area contributed by atoms with E-state index in [1.807, 2.05) is 43.3 Å². The van der Waals surface area contributed by atoms with Gasteiger partial charge in [-0.3, -0.25) is 9.79 Å². The zero-order valence-corrected chi connectivity index (χ0v) is 18.1. The van der Waals surface area contributed by atoms with Crippen molar-refractivity contribution in [1.29, 1.82) is 0 Å². The first kappa shape index (κ1) is 22.7. The number of aromatic nitrogens is 1. The molecule has 1 aromatic carbocycles. The summed E-state index contributed by atoms with van der Waals surface area (Å²) in [5.74, 6) is 1.94. The number of anilines is 1. The Kier molecular flexibility index (Phi) is 10.2. The lowest BCUT2D eigenvalue weighted by atomic mass is 10.2. The molecule has 0 saturated carbocycles. The summed E-state index contributed by atoms with van der Waals surface area (Å²) in [5.41, 5.74) is 1.97. The Morgan fingerprint density at radius 2 is 1.89 bits per heavy atom. The highest BCUT2D eigenvalue weighted by Crippen LogP contribution is 2.10. The largest absolute Gasteiger partial charge is 0.497 e. The lowest BCUT2D eigenvalue weighted by molar-refractivity contribution is -0.116. The van der Waals surface area contributed by atoms with Gasteiger partial charge in [0.15, 0.2) is 5.96 Å². The van der Waals surface area contributed by atoms with Gasteiger partial charge in [0, 0.05) is 32.3 Å². The molecular formula is C19H26IN5O2. The standard InChI is InChI=1S/C19H25N5O2.HI/c1-14-5-4-6-17(23-14)24-18(25)11-12-21-19(20-2)22-13-15-7-9-16(26-3)10-8-15;/h4-10H,11-13H2,1-3H3,(H2,20,21,22)(H,23,24,25);1H. The van der Waals surface area contributed by atoms with Crippen molar-refractivity contribution in [2.45, 2.75) is 19.9 Å². The average Bonchev–Trinajstić information content (AvgIpc) is 2.65. The Hall–Kier alpha value is -2.36. The molecule has 2 aromatic rings. The Bertz CT molecular complexity index is 750. The summed E-state index contributed by atoms with van der Waals surface area (Å²) in [7, 11) is 3.34. The molecule has 0 fully saturated rings. The van der Waals surface area contributed by atoms with Crippen molar-refractivity contribution in [3.05, 3.63) is 53.7 Å². The maximum absolute atomic E-state index is 12.0. The number of carbonyl (C=O) groups is 1. The number of methoxy groups -OCH3 is 1. The number of hydrogen-bond acceptors (Lipinski definition) is 4. The number of carbonyl (C=O) groups excluding carboxylic acids is 1. The molecule has 146 valence electrons. The number of nitrogens with one attached hydrogen (secondary N) is 3. The lowest BCUT2D eigenvalue weighted by Gasteiger charge is -2.12. The molecule has 3 N–H and O–H groups in total. The molecule has 0 bridgehead atoms. The van der Waals surface area contributed by atoms with Gasteiger partial charge in [0.25, 0.3) is 0 Å². The van der Waals surface area contributed by atoms with Crippen molar-refractivity contribution in [3.63, 3.8) is 0 Å². The van der Waals surface area contributed by atoms with E-state index >= 15 is 0 Å². The molecule has 0 atom stereocenters. The number of hydrogen-bond donors (Lipinski definition) is 3. The second-order valence-corrected chi connectivity index (χ2v) is 5.66. The highest BCUT2D eigenvalue weighted by Gasteiger charge is 2.05. The molecule has 27 heavy (non-hydrogen) atoms. The van der Waals surface area contributed by atoms with Crippen LogP contribution in [0.1, 0.15) is 17.7 Å². The zero-order valence-electron chi connectivity index (χ0n) is 15.8. The molecule has 0 aliphatic heterocycles. The van der Waals surface area contributed by atoms with Crippen LogP contribution in [0.4, 0.5) is 5.82 Å². The average molecular weight is 483 g/mol. The quantitative estimate of drug-likeness (QED) is 0.320. The topological polar surface area (TPSA) is 87.6 Å². The van der Waals surface area contributed by atoms with Gasteiger partial charge in [-0.1, -0.05) is 18.2 Å². The molecule has 8 heteroatoms. The van der Waals surface area contributed by atoms with Gasteiger partial charge in [0.05, 0.1) is 7.11 Å². The van der Waals surface area contributed by atoms with Gasteiger partial charge in [-0.05, 0) is 36.8 Å². The number of guanidine groups is 1. The van der Waals surface area contributed by atoms with Crippen LogP contribution in [0.15, 0.2) is 47.5 Å². The molecule has 2 rings (SSSR count). The number of aliphatic imine (C=N–C) groups is 1. The number of nitrogens with zero attached hydrogens (tertiary/aromatic N) is 2. The fourth-order valence-corrected chi connectivity index (χ4v) is 2.26. The molecular weight excluding hydrogens is 457 g/mol. The highest BCUT2D eigenvalue weighted by molar-refractivity contribution is 14.0. The Labute approximate surface area is 177 Å². The Morgan fingerprint density at radius 1 is 1.15 bits per heavy atom. The van der Waals surface area contributed by atoms with E-state index in [2.05, 4.69) is 25.9 Å². The molecule has 1 heterocycles. The zero-order chi connectivity index (χ0) is 18.8. The second kappa shape index (κ2) is 12.1. The number of rotatable bonds is 7. The van der Waals surface area contributed by atoms with Gasteiger partial charge < -0.3 is 20.7 Å². The summed E-state index contributed by atoms with van der Waals surface area (Å²) in [5, 5.41) is 9.11. The van der Waals surface area contributed by atoms with Gasteiger partial charge in [0.2, 0.25) is 5.91 Å². The molecule has 0 saturated heterocycles. The third kappa shape index (κ3) is 8.25. The fourth-order valence-electron chi connectivity index (χ4n) is 2.26. The highest BCUT2D eigenvalue weighted by atomic mass is 127. The lowest BCUT2D eigenvalue weighted by Crippen LogP contribution is -2.38. The van der Waals surface area contributed by atoms with Gasteiger partial charge in [0.1, 0.15) is 11.6 Å². The van der Waals surface area contributed by atoms with E-state index in [-0.39, 0.29) is 29.9 Å². The summed E-state index contributed by atoms with van der Waals surface area (Å²) in [6.45, 7) is 2.98. The minimum atomic E-state index is -0.0961. The number of amides is 1. The van der Waals surface area contributed by atoms with Gasteiger partial charge in [-0.15, -0.1) is 24.0 Å². The fraction of sp³-hybridized carbons (Fsp3) is 0.316. The predicted octanol–water partition coefficient (Wildman–Crippen LogP) is 2.71. The molecule has 0 aliphatic rings. The molecule has 1 amide bonds. The third-order valence-corrected chi connectivity index (χ3v) is 3.64.